The predicted octanol–water partition coefficient (Wildman–Crippen LogP) is 2.07. The lowest BCUT2D eigenvalue weighted by Gasteiger charge is -2.30. The number of ether oxygens (including phenoxy) is 1. The summed E-state index contributed by atoms with van der Waals surface area (Å²) in [4.78, 5) is 0. The van der Waals surface area contributed by atoms with Gasteiger partial charge in [-0.15, -0.1) is 0 Å². The van der Waals surface area contributed by atoms with Gasteiger partial charge in [-0.05, 0) is 18.9 Å². The maximum atomic E-state index is 10.5. The number of hydrogen-bond donors (Lipinski definition) is 1. The Bertz CT molecular complexity index is 312. The molecule has 1 aromatic carbocycles. The predicted molar refractivity (Wildman–Crippen MR) is 55.0 cm³/mol. The van der Waals surface area contributed by atoms with Gasteiger partial charge in [-0.1, -0.05) is 37.3 Å². The van der Waals surface area contributed by atoms with Crippen LogP contribution in [0.15, 0.2) is 30.3 Å². The summed E-state index contributed by atoms with van der Waals surface area (Å²) in [5, 5.41) is 10.5. The molecule has 0 spiro atoms. The van der Waals surface area contributed by atoms with Crippen LogP contribution in [0.4, 0.5) is 0 Å². The molecule has 0 aliphatic carbocycles. The van der Waals surface area contributed by atoms with Crippen molar-refractivity contribution in [2.45, 2.75) is 31.5 Å². The summed E-state index contributed by atoms with van der Waals surface area (Å²) in [6.07, 6.45) is 0.842. The van der Waals surface area contributed by atoms with Crippen LogP contribution in [0.25, 0.3) is 0 Å². The quantitative estimate of drug-likeness (QED) is 0.744. The molecule has 1 fully saturated rings. The van der Waals surface area contributed by atoms with Gasteiger partial charge in [-0.25, -0.2) is 0 Å². The van der Waals surface area contributed by atoms with Crippen LogP contribution < -0.4 is 0 Å². The monoisotopic (exact) mass is 192 g/mol. The van der Waals surface area contributed by atoms with Crippen LogP contribution in [0, 0.1) is 0 Å². The molecular formula is C12H16O2. The minimum Gasteiger partial charge on any atom is -0.382 e. The van der Waals surface area contributed by atoms with Gasteiger partial charge in [0.25, 0.3) is 0 Å². The summed E-state index contributed by atoms with van der Waals surface area (Å²) in [6, 6.07) is 9.72. The van der Waals surface area contributed by atoms with Crippen molar-refractivity contribution in [3.8, 4) is 0 Å². The van der Waals surface area contributed by atoms with E-state index in [0.29, 0.717) is 6.61 Å². The molecule has 1 aliphatic rings. The molecule has 2 heteroatoms. The lowest BCUT2D eigenvalue weighted by Crippen LogP contribution is -2.39. The van der Waals surface area contributed by atoms with Gasteiger partial charge >= 0.3 is 0 Å². The third-order valence-electron chi connectivity index (χ3n) is 3.29. The average Bonchev–Trinajstić information content (AvgIpc) is 3.00. The number of rotatable bonds is 3. The third-order valence-corrected chi connectivity index (χ3v) is 3.29. The van der Waals surface area contributed by atoms with E-state index in [1.165, 1.54) is 0 Å². The topological polar surface area (TPSA) is 32.8 Å². The Balaban J connectivity index is 2.33. The second kappa shape index (κ2) is 3.07. The lowest BCUT2D eigenvalue weighted by molar-refractivity contribution is -0.0290. The molecule has 0 radical (unpaired) electrons. The smallest absolute Gasteiger partial charge is 0.124 e. The Hall–Kier alpha value is -0.860. The van der Waals surface area contributed by atoms with Gasteiger partial charge in [-0.2, -0.15) is 0 Å². The van der Waals surface area contributed by atoms with E-state index in [1.54, 1.807) is 0 Å². The standard InChI is InChI=1S/C12H16O2/c1-3-12(9-14-12)11(2,13)10-7-5-4-6-8-10/h4-8,13H,3,9H2,1-2H3. The Kier molecular flexibility index (Phi) is 2.13. The second-order valence-electron chi connectivity index (χ2n) is 4.07. The zero-order chi connectivity index (χ0) is 10.2. The molecule has 14 heavy (non-hydrogen) atoms. The second-order valence-corrected chi connectivity index (χ2v) is 4.07. The summed E-state index contributed by atoms with van der Waals surface area (Å²) < 4.78 is 5.41. The zero-order valence-corrected chi connectivity index (χ0v) is 8.66. The number of epoxide rings is 1. The Morgan fingerprint density at radius 3 is 2.43 bits per heavy atom. The molecule has 2 rings (SSSR count). The molecule has 76 valence electrons. The van der Waals surface area contributed by atoms with Crippen molar-refractivity contribution < 1.29 is 9.84 Å². The largest absolute Gasteiger partial charge is 0.382 e. The van der Waals surface area contributed by atoms with Crippen LogP contribution >= 0.6 is 0 Å². The van der Waals surface area contributed by atoms with E-state index in [-0.39, 0.29) is 5.60 Å². The SMILES string of the molecule is CCC1(C(C)(O)c2ccccc2)CO1. The molecule has 1 N–H and O–H groups in total. The van der Waals surface area contributed by atoms with E-state index < -0.39 is 5.60 Å². The summed E-state index contributed by atoms with van der Waals surface area (Å²) in [5.41, 5.74) is -0.295. The fourth-order valence-corrected chi connectivity index (χ4v) is 1.94. The molecule has 0 aromatic heterocycles. The van der Waals surface area contributed by atoms with E-state index in [2.05, 4.69) is 0 Å². The molecular weight excluding hydrogens is 176 g/mol. The molecule has 1 heterocycles. The Morgan fingerprint density at radius 1 is 1.43 bits per heavy atom. The first kappa shape index (κ1) is 9.69. The Labute approximate surface area is 84.5 Å². The summed E-state index contributed by atoms with van der Waals surface area (Å²) >= 11 is 0. The van der Waals surface area contributed by atoms with Crippen molar-refractivity contribution >= 4 is 0 Å². The fraction of sp³-hybridized carbons (Fsp3) is 0.500. The molecule has 0 saturated carbocycles. The molecule has 0 bridgehead atoms. The van der Waals surface area contributed by atoms with Crippen LogP contribution in [0.2, 0.25) is 0 Å². The highest BCUT2D eigenvalue weighted by Crippen LogP contribution is 2.46. The van der Waals surface area contributed by atoms with Gasteiger partial charge in [0.1, 0.15) is 11.2 Å². The van der Waals surface area contributed by atoms with E-state index in [9.17, 15) is 5.11 Å². The number of benzene rings is 1. The minimum absolute atomic E-state index is 0.353. The first-order chi connectivity index (χ1) is 6.62. The fourth-order valence-electron chi connectivity index (χ4n) is 1.94. The van der Waals surface area contributed by atoms with Crippen molar-refractivity contribution in [3.05, 3.63) is 35.9 Å². The van der Waals surface area contributed by atoms with Crippen LogP contribution in [0.3, 0.4) is 0 Å². The van der Waals surface area contributed by atoms with Crippen molar-refractivity contribution in [1.29, 1.82) is 0 Å². The van der Waals surface area contributed by atoms with Crippen molar-refractivity contribution in [3.63, 3.8) is 0 Å². The lowest BCUT2D eigenvalue weighted by atomic mass is 9.81. The number of hydrogen-bond acceptors (Lipinski definition) is 2. The molecule has 1 aliphatic heterocycles. The van der Waals surface area contributed by atoms with E-state index in [4.69, 9.17) is 4.74 Å². The maximum absolute atomic E-state index is 10.5. The average molecular weight is 192 g/mol. The van der Waals surface area contributed by atoms with Crippen molar-refractivity contribution in [2.75, 3.05) is 6.61 Å². The molecule has 2 unspecified atom stereocenters. The van der Waals surface area contributed by atoms with Gasteiger partial charge < -0.3 is 9.84 Å². The van der Waals surface area contributed by atoms with Gasteiger partial charge in [0.15, 0.2) is 0 Å². The van der Waals surface area contributed by atoms with E-state index >= 15 is 0 Å². The summed E-state index contributed by atoms with van der Waals surface area (Å²) in [6.45, 7) is 4.54. The molecule has 2 nitrogen and oxygen atoms in total. The van der Waals surface area contributed by atoms with E-state index in [1.807, 2.05) is 44.2 Å². The normalized spacial score (nSPS) is 29.6. The van der Waals surface area contributed by atoms with Gasteiger partial charge in [0.2, 0.25) is 0 Å². The van der Waals surface area contributed by atoms with Crippen LogP contribution in [0.5, 0.6) is 0 Å². The first-order valence-corrected chi connectivity index (χ1v) is 5.04. The molecule has 1 saturated heterocycles. The van der Waals surface area contributed by atoms with Crippen LogP contribution in [-0.2, 0) is 10.3 Å². The molecule has 2 atom stereocenters. The van der Waals surface area contributed by atoms with Crippen LogP contribution in [-0.4, -0.2) is 17.3 Å². The summed E-state index contributed by atoms with van der Waals surface area (Å²) in [5.74, 6) is 0. The minimum atomic E-state index is -0.872. The summed E-state index contributed by atoms with van der Waals surface area (Å²) in [7, 11) is 0. The highest BCUT2D eigenvalue weighted by atomic mass is 16.6. The number of aliphatic hydroxyl groups is 1. The van der Waals surface area contributed by atoms with Crippen LogP contribution in [0.1, 0.15) is 25.8 Å². The van der Waals surface area contributed by atoms with E-state index in [0.717, 1.165) is 12.0 Å². The first-order valence-electron chi connectivity index (χ1n) is 5.04. The maximum Gasteiger partial charge on any atom is 0.124 e. The highest BCUT2D eigenvalue weighted by Gasteiger charge is 2.57. The molecule has 1 aromatic rings. The highest BCUT2D eigenvalue weighted by molar-refractivity contribution is 5.27. The third kappa shape index (κ3) is 1.26. The van der Waals surface area contributed by atoms with Gasteiger partial charge in [0, 0.05) is 0 Å². The van der Waals surface area contributed by atoms with Gasteiger partial charge in [-0.3, -0.25) is 0 Å². The van der Waals surface area contributed by atoms with Crippen molar-refractivity contribution in [1.82, 2.24) is 0 Å². The Morgan fingerprint density at radius 2 is 2.00 bits per heavy atom. The van der Waals surface area contributed by atoms with Gasteiger partial charge in [0.05, 0.1) is 6.61 Å². The molecule has 0 amide bonds. The zero-order valence-electron chi connectivity index (χ0n) is 8.66. The van der Waals surface area contributed by atoms with Crippen molar-refractivity contribution in [2.24, 2.45) is 0 Å².